The Morgan fingerprint density at radius 2 is 2.17 bits per heavy atom. The largest absolute Gasteiger partial charge is 2.00 e. The van der Waals surface area contributed by atoms with Gasteiger partial charge in [-0.1, -0.05) is 6.58 Å². The van der Waals surface area contributed by atoms with E-state index >= 15 is 0 Å². The van der Waals surface area contributed by atoms with Gasteiger partial charge in [-0.15, -0.1) is 0 Å². The quantitative estimate of drug-likeness (QED) is 0.336. The van der Waals surface area contributed by atoms with E-state index in [1.807, 2.05) is 0 Å². The van der Waals surface area contributed by atoms with Crippen LogP contribution in [0.15, 0.2) is 12.7 Å². The van der Waals surface area contributed by atoms with Crippen LogP contribution in [0.2, 0.25) is 0 Å². The van der Waals surface area contributed by atoms with E-state index in [2.05, 4.69) is 12.3 Å². The molecule has 6 heavy (non-hydrogen) atoms. The van der Waals surface area contributed by atoms with Crippen molar-refractivity contribution in [2.45, 2.75) is 0 Å². The Morgan fingerprint density at radius 3 is 2.17 bits per heavy atom. The van der Waals surface area contributed by atoms with Crippen molar-refractivity contribution in [2.75, 3.05) is 0 Å². The molecule has 3 heteroatoms. The molecule has 0 atom stereocenters. The molecule has 2 N–H and O–H groups in total. The van der Waals surface area contributed by atoms with E-state index < -0.39 is 5.91 Å². The van der Waals surface area contributed by atoms with Crippen molar-refractivity contribution in [2.24, 2.45) is 5.73 Å². The van der Waals surface area contributed by atoms with Crippen LogP contribution in [0, 0.1) is 0 Å². The molecule has 0 spiro atoms. The summed E-state index contributed by atoms with van der Waals surface area (Å²) in [4.78, 5) is 9.47. The summed E-state index contributed by atoms with van der Waals surface area (Å²) in [7, 11) is 0. The topological polar surface area (TPSA) is 43.1 Å². The summed E-state index contributed by atoms with van der Waals surface area (Å²) >= 11 is 0. The number of primary amides is 1. The normalized spacial score (nSPS) is 5.33. The van der Waals surface area contributed by atoms with Gasteiger partial charge in [-0.3, -0.25) is 4.79 Å². The van der Waals surface area contributed by atoms with Crippen LogP contribution in [0.1, 0.15) is 2.85 Å². The van der Waals surface area contributed by atoms with Crippen molar-refractivity contribution < 1.29 is 7.65 Å². The van der Waals surface area contributed by atoms with Crippen LogP contribution in [0.25, 0.3) is 0 Å². The van der Waals surface area contributed by atoms with Crippen molar-refractivity contribution in [3.05, 3.63) is 12.7 Å². The Morgan fingerprint density at radius 1 is 2.00 bits per heavy atom. The minimum Gasteiger partial charge on any atom is -1.00 e. The third kappa shape index (κ3) is 10.1. The maximum absolute atomic E-state index is 9.47. The molecule has 0 aliphatic carbocycles. The molecule has 0 aromatic heterocycles. The fraction of sp³-hybridized carbons (Fsp3) is 0. The molecule has 0 saturated carbocycles. The third-order valence-electron chi connectivity index (χ3n) is 0.201. The Hall–Kier alpha value is -0.621. The van der Waals surface area contributed by atoms with Crippen LogP contribution >= 0.6 is 0 Å². The minimum absolute atomic E-state index is 0. The zero-order valence-corrected chi connectivity index (χ0v) is 3.48. The van der Waals surface area contributed by atoms with E-state index in [-0.39, 0.29) is 13.0 Å². The second kappa shape index (κ2) is 4.38. The fourth-order valence-corrected chi connectivity index (χ4v) is 0. The molecular weight excluding hydrogens is 75.1 g/mol. The zero-order valence-electron chi connectivity index (χ0n) is 5.48. The summed E-state index contributed by atoms with van der Waals surface area (Å²) in [5, 5.41) is 0. The standard InChI is InChI=1S/C3H5NO.Be.2H/c1-2-3(4)5;;;/h2H,1H2,(H2,4,5);;;/q;+2;2*-1. The predicted octanol–water partition coefficient (Wildman–Crippen LogP) is -0.498. The molecule has 0 aliphatic rings. The number of hydrogen-bond donors (Lipinski definition) is 1. The van der Waals surface area contributed by atoms with Gasteiger partial charge in [-0.2, -0.15) is 0 Å². The average Bonchev–Trinajstić information content (AvgIpc) is 1.38. The second-order valence-corrected chi connectivity index (χ2v) is 0.606. The van der Waals surface area contributed by atoms with E-state index in [1.165, 1.54) is 0 Å². The first-order valence-electron chi connectivity index (χ1n) is 1.19. The molecule has 0 aliphatic heterocycles. The molecule has 0 radical (unpaired) electrons. The monoisotopic (exact) mass is 82.1 g/mol. The summed E-state index contributed by atoms with van der Waals surface area (Å²) in [6.07, 6.45) is 1.06. The molecule has 2 nitrogen and oxygen atoms in total. The molecule has 0 aromatic carbocycles. The molecule has 0 aromatic rings. The number of hydrogen-bond acceptors (Lipinski definition) is 1. The summed E-state index contributed by atoms with van der Waals surface area (Å²) in [5.41, 5.74) is 4.53. The van der Waals surface area contributed by atoms with Crippen LogP contribution < -0.4 is 5.73 Å². The molecule has 0 bridgehead atoms. The van der Waals surface area contributed by atoms with Crippen molar-refractivity contribution >= 4 is 16.0 Å². The van der Waals surface area contributed by atoms with E-state index in [0.29, 0.717) is 0 Å². The van der Waals surface area contributed by atoms with Crippen molar-refractivity contribution in [1.82, 2.24) is 0 Å². The van der Waals surface area contributed by atoms with E-state index in [0.717, 1.165) is 6.08 Å². The SMILES string of the molecule is C=CC(N)=O.[Be+2].[H-].[H-]. The van der Waals surface area contributed by atoms with Crippen LogP contribution in [-0.2, 0) is 4.79 Å². The Labute approximate surface area is 43.2 Å². The summed E-state index contributed by atoms with van der Waals surface area (Å²) < 4.78 is 0. The first-order chi connectivity index (χ1) is 2.27. The fourth-order valence-electron chi connectivity index (χ4n) is 0. The number of rotatable bonds is 1. The van der Waals surface area contributed by atoms with Gasteiger partial charge in [0.2, 0.25) is 5.91 Å². The molecule has 0 rings (SSSR count). The van der Waals surface area contributed by atoms with Gasteiger partial charge in [-0.25, -0.2) is 0 Å². The van der Waals surface area contributed by atoms with Crippen molar-refractivity contribution in [1.29, 1.82) is 0 Å². The van der Waals surface area contributed by atoms with Gasteiger partial charge >= 0.3 is 10.1 Å². The maximum atomic E-state index is 9.47. The van der Waals surface area contributed by atoms with Crippen LogP contribution in [-0.4, -0.2) is 16.0 Å². The first-order valence-corrected chi connectivity index (χ1v) is 1.19. The number of carbonyl (C=O) groups excluding carboxylic acids is 1. The molecule has 0 fully saturated rings. The maximum Gasteiger partial charge on any atom is 2.00 e. The Balaban J connectivity index is -0.0000000267. The molecule has 1 amide bonds. The van der Waals surface area contributed by atoms with Gasteiger partial charge in [0.1, 0.15) is 0 Å². The molecule has 0 heterocycles. The van der Waals surface area contributed by atoms with Gasteiger partial charge in [-0.05, 0) is 6.08 Å². The van der Waals surface area contributed by atoms with Gasteiger partial charge in [0.25, 0.3) is 0 Å². The molecule has 32 valence electrons. The Kier molecular flexibility index (Phi) is 6.59. The summed E-state index contributed by atoms with van der Waals surface area (Å²) in [6, 6.07) is 0. The third-order valence-corrected chi connectivity index (χ3v) is 0.201. The average molecular weight is 82.1 g/mol. The molecular formula is C3H7BeNO. The smallest absolute Gasteiger partial charge is 1.00 e. The summed E-state index contributed by atoms with van der Waals surface area (Å²) in [6.45, 7) is 3.09. The van der Waals surface area contributed by atoms with Gasteiger partial charge < -0.3 is 8.59 Å². The van der Waals surface area contributed by atoms with Crippen LogP contribution in [0.5, 0.6) is 0 Å². The van der Waals surface area contributed by atoms with Gasteiger partial charge in [0.15, 0.2) is 0 Å². The minimum atomic E-state index is -0.481. The molecule has 0 unspecified atom stereocenters. The predicted molar refractivity (Wildman–Crippen MR) is 27.4 cm³/mol. The van der Waals surface area contributed by atoms with E-state index in [1.54, 1.807) is 0 Å². The Bertz CT molecular complexity index is 68.3. The van der Waals surface area contributed by atoms with Gasteiger partial charge in [0, 0.05) is 0 Å². The number of amides is 1. The van der Waals surface area contributed by atoms with Crippen LogP contribution in [0.4, 0.5) is 0 Å². The van der Waals surface area contributed by atoms with Crippen LogP contribution in [0.3, 0.4) is 0 Å². The zero-order chi connectivity index (χ0) is 4.28. The van der Waals surface area contributed by atoms with E-state index in [4.69, 9.17) is 0 Å². The second-order valence-electron chi connectivity index (χ2n) is 0.606. The van der Waals surface area contributed by atoms with E-state index in [9.17, 15) is 4.79 Å². The number of nitrogens with two attached hydrogens (primary N) is 1. The number of carbonyl (C=O) groups is 1. The first kappa shape index (κ1) is 9.03. The van der Waals surface area contributed by atoms with Gasteiger partial charge in [0.05, 0.1) is 0 Å². The van der Waals surface area contributed by atoms with Crippen molar-refractivity contribution in [3.63, 3.8) is 0 Å². The summed E-state index contributed by atoms with van der Waals surface area (Å²) in [5.74, 6) is -0.481. The molecule has 0 saturated heterocycles. The van der Waals surface area contributed by atoms with Crippen molar-refractivity contribution in [3.8, 4) is 0 Å².